The smallest absolute Gasteiger partial charge is 0.243 e. The number of sulfonamides is 1. The third kappa shape index (κ3) is 2.49. The van der Waals surface area contributed by atoms with Crippen LogP contribution in [0.5, 0.6) is 0 Å². The summed E-state index contributed by atoms with van der Waals surface area (Å²) in [4.78, 5) is 3.80. The summed E-state index contributed by atoms with van der Waals surface area (Å²) in [5, 5.41) is 8.93. The first-order valence-electron chi connectivity index (χ1n) is 4.70. The highest BCUT2D eigenvalue weighted by atomic mass is 32.2. The van der Waals surface area contributed by atoms with Crippen molar-refractivity contribution in [1.29, 1.82) is 0 Å². The summed E-state index contributed by atoms with van der Waals surface area (Å²) in [6.07, 6.45) is 1.33. The lowest BCUT2D eigenvalue weighted by Gasteiger charge is -2.22. The van der Waals surface area contributed by atoms with E-state index in [1.807, 2.05) is 0 Å². The van der Waals surface area contributed by atoms with Crippen molar-refractivity contribution in [2.75, 3.05) is 19.4 Å². The summed E-state index contributed by atoms with van der Waals surface area (Å²) in [6, 6.07) is 2.17. The molecule has 1 heterocycles. The number of aliphatic hydroxyl groups is 1. The van der Waals surface area contributed by atoms with E-state index in [4.69, 9.17) is 10.8 Å². The fourth-order valence-electron chi connectivity index (χ4n) is 1.11. The van der Waals surface area contributed by atoms with Crippen molar-refractivity contribution in [3.8, 4) is 0 Å². The van der Waals surface area contributed by atoms with Gasteiger partial charge in [0.1, 0.15) is 5.82 Å². The molecule has 1 unspecified atom stereocenters. The van der Waals surface area contributed by atoms with E-state index in [1.165, 1.54) is 25.4 Å². The summed E-state index contributed by atoms with van der Waals surface area (Å²) >= 11 is 0. The van der Waals surface area contributed by atoms with Crippen LogP contribution in [-0.2, 0) is 10.0 Å². The number of aromatic nitrogens is 1. The van der Waals surface area contributed by atoms with Gasteiger partial charge >= 0.3 is 0 Å². The number of nitrogen functional groups attached to an aromatic ring is 1. The molecule has 90 valence electrons. The minimum absolute atomic E-state index is 0.0720. The molecule has 0 aliphatic rings. The Hall–Kier alpha value is -1.18. The molecule has 0 aliphatic heterocycles. The normalized spacial score (nSPS) is 14.0. The van der Waals surface area contributed by atoms with Crippen LogP contribution in [0.3, 0.4) is 0 Å². The van der Waals surface area contributed by atoms with E-state index in [0.29, 0.717) is 0 Å². The number of likely N-dealkylation sites (N-methyl/N-ethyl adjacent to an activating group) is 1. The van der Waals surface area contributed by atoms with Gasteiger partial charge in [0.15, 0.2) is 0 Å². The summed E-state index contributed by atoms with van der Waals surface area (Å²) in [6.45, 7) is 1.37. The Morgan fingerprint density at radius 3 is 2.75 bits per heavy atom. The molecule has 1 aromatic rings. The summed E-state index contributed by atoms with van der Waals surface area (Å²) in [5.41, 5.74) is 5.42. The molecule has 0 spiro atoms. The molecular formula is C9H15N3O3S. The highest BCUT2D eigenvalue weighted by molar-refractivity contribution is 7.89. The SMILES string of the molecule is CC(CO)N(C)S(=O)(=O)c1ccnc(N)c1. The number of anilines is 1. The van der Waals surface area contributed by atoms with Crippen molar-refractivity contribution in [2.24, 2.45) is 0 Å². The number of hydrogen-bond acceptors (Lipinski definition) is 5. The lowest BCUT2D eigenvalue weighted by atomic mass is 10.4. The van der Waals surface area contributed by atoms with Crippen molar-refractivity contribution < 1.29 is 13.5 Å². The molecule has 1 rings (SSSR count). The van der Waals surface area contributed by atoms with E-state index in [1.54, 1.807) is 6.92 Å². The maximum absolute atomic E-state index is 12.0. The molecule has 0 fully saturated rings. The topological polar surface area (TPSA) is 96.5 Å². The molecule has 0 aliphatic carbocycles. The number of aliphatic hydroxyl groups excluding tert-OH is 1. The first-order valence-corrected chi connectivity index (χ1v) is 6.14. The molecule has 16 heavy (non-hydrogen) atoms. The first-order chi connectivity index (χ1) is 7.39. The van der Waals surface area contributed by atoms with Gasteiger partial charge < -0.3 is 10.8 Å². The fraction of sp³-hybridized carbons (Fsp3) is 0.444. The summed E-state index contributed by atoms with van der Waals surface area (Å²) in [7, 11) is -2.21. The van der Waals surface area contributed by atoms with Gasteiger partial charge in [0.25, 0.3) is 0 Å². The van der Waals surface area contributed by atoms with E-state index >= 15 is 0 Å². The maximum atomic E-state index is 12.0. The number of nitrogens with two attached hydrogens (primary N) is 1. The van der Waals surface area contributed by atoms with E-state index in [-0.39, 0.29) is 17.3 Å². The average molecular weight is 245 g/mol. The van der Waals surface area contributed by atoms with Crippen LogP contribution in [0, 0.1) is 0 Å². The molecule has 0 bridgehead atoms. The molecule has 6 nitrogen and oxygen atoms in total. The van der Waals surface area contributed by atoms with Crippen LogP contribution in [0.15, 0.2) is 23.2 Å². The van der Waals surface area contributed by atoms with Gasteiger partial charge in [-0.1, -0.05) is 0 Å². The molecule has 1 atom stereocenters. The second-order valence-corrected chi connectivity index (χ2v) is 5.47. The first kappa shape index (κ1) is 12.9. The van der Waals surface area contributed by atoms with Crippen molar-refractivity contribution >= 4 is 15.8 Å². The summed E-state index contributed by atoms with van der Waals surface area (Å²) < 4.78 is 25.1. The molecule has 0 radical (unpaired) electrons. The van der Waals surface area contributed by atoms with Gasteiger partial charge in [-0.05, 0) is 13.0 Å². The third-order valence-corrected chi connectivity index (χ3v) is 4.28. The molecule has 0 amide bonds. The molecule has 1 aromatic heterocycles. The minimum atomic E-state index is -3.62. The maximum Gasteiger partial charge on any atom is 0.243 e. The van der Waals surface area contributed by atoms with Crippen LogP contribution < -0.4 is 5.73 Å². The Morgan fingerprint density at radius 2 is 2.25 bits per heavy atom. The second-order valence-electron chi connectivity index (χ2n) is 3.47. The number of nitrogens with zero attached hydrogens (tertiary/aromatic N) is 2. The molecule has 0 aromatic carbocycles. The third-order valence-electron chi connectivity index (χ3n) is 2.31. The Balaban J connectivity index is 3.12. The minimum Gasteiger partial charge on any atom is -0.395 e. The van der Waals surface area contributed by atoms with Crippen LogP contribution >= 0.6 is 0 Å². The molecule has 3 N–H and O–H groups in total. The zero-order chi connectivity index (χ0) is 12.3. The van der Waals surface area contributed by atoms with Crippen LogP contribution in [0.1, 0.15) is 6.92 Å². The van der Waals surface area contributed by atoms with Gasteiger partial charge in [-0.15, -0.1) is 0 Å². The predicted molar refractivity (Wildman–Crippen MR) is 60.1 cm³/mol. The lowest BCUT2D eigenvalue weighted by molar-refractivity contribution is 0.214. The van der Waals surface area contributed by atoms with Gasteiger partial charge in [-0.2, -0.15) is 4.31 Å². The highest BCUT2D eigenvalue weighted by Crippen LogP contribution is 2.17. The van der Waals surface area contributed by atoms with Gasteiger partial charge in [-0.25, -0.2) is 13.4 Å². The van der Waals surface area contributed by atoms with Crippen LogP contribution in [0.4, 0.5) is 5.82 Å². The largest absolute Gasteiger partial charge is 0.395 e. The molecule has 0 saturated carbocycles. The molecule has 7 heteroatoms. The zero-order valence-corrected chi connectivity index (χ0v) is 9.98. The fourth-order valence-corrected chi connectivity index (χ4v) is 2.48. The van der Waals surface area contributed by atoms with Gasteiger partial charge in [-0.3, -0.25) is 0 Å². The Bertz CT molecular complexity index is 461. The van der Waals surface area contributed by atoms with Gasteiger partial charge in [0, 0.05) is 25.4 Å². The Morgan fingerprint density at radius 1 is 1.62 bits per heavy atom. The number of hydrogen-bond donors (Lipinski definition) is 2. The lowest BCUT2D eigenvalue weighted by Crippen LogP contribution is -2.37. The summed E-state index contributed by atoms with van der Waals surface area (Å²) in [5.74, 6) is 0.145. The predicted octanol–water partition coefficient (Wildman–Crippen LogP) is -0.335. The number of pyridine rings is 1. The zero-order valence-electron chi connectivity index (χ0n) is 9.16. The van der Waals surface area contributed by atoms with Crippen molar-refractivity contribution in [3.63, 3.8) is 0 Å². The van der Waals surface area contributed by atoms with E-state index in [0.717, 1.165) is 4.31 Å². The average Bonchev–Trinajstić information content (AvgIpc) is 2.27. The van der Waals surface area contributed by atoms with Crippen molar-refractivity contribution in [2.45, 2.75) is 17.9 Å². The van der Waals surface area contributed by atoms with Gasteiger partial charge in [0.2, 0.25) is 10.0 Å². The van der Waals surface area contributed by atoms with E-state index < -0.39 is 16.1 Å². The highest BCUT2D eigenvalue weighted by Gasteiger charge is 2.24. The Kier molecular flexibility index (Phi) is 3.84. The second kappa shape index (κ2) is 4.77. The van der Waals surface area contributed by atoms with Crippen LogP contribution in [0.25, 0.3) is 0 Å². The quantitative estimate of drug-likeness (QED) is 0.756. The monoisotopic (exact) mass is 245 g/mol. The van der Waals surface area contributed by atoms with Crippen LogP contribution in [-0.4, -0.2) is 42.5 Å². The van der Waals surface area contributed by atoms with Gasteiger partial charge in [0.05, 0.1) is 11.5 Å². The van der Waals surface area contributed by atoms with E-state index in [9.17, 15) is 8.42 Å². The molecule has 0 saturated heterocycles. The van der Waals surface area contributed by atoms with E-state index in [2.05, 4.69) is 4.98 Å². The van der Waals surface area contributed by atoms with Crippen molar-refractivity contribution in [3.05, 3.63) is 18.3 Å². The molecular weight excluding hydrogens is 230 g/mol. The van der Waals surface area contributed by atoms with Crippen LogP contribution in [0.2, 0.25) is 0 Å². The Labute approximate surface area is 94.8 Å². The standard InChI is InChI=1S/C9H15N3O3S/c1-7(6-13)12(2)16(14,15)8-3-4-11-9(10)5-8/h3-5,7,13H,6H2,1-2H3,(H2,10,11). The van der Waals surface area contributed by atoms with Crippen molar-refractivity contribution in [1.82, 2.24) is 9.29 Å². The number of rotatable bonds is 4.